The Morgan fingerprint density at radius 3 is 2.58 bits per heavy atom. The van der Waals surface area contributed by atoms with E-state index < -0.39 is 0 Å². The highest BCUT2D eigenvalue weighted by molar-refractivity contribution is 5.89. The Labute approximate surface area is 140 Å². The lowest BCUT2D eigenvalue weighted by Gasteiger charge is -2.23. The normalized spacial score (nSPS) is 11.7. The molecule has 0 aliphatic carbocycles. The molecule has 2 aromatic carbocycles. The van der Waals surface area contributed by atoms with Crippen molar-refractivity contribution < 1.29 is 9.21 Å². The monoisotopic (exact) mass is 319 g/mol. The van der Waals surface area contributed by atoms with E-state index in [-0.39, 0.29) is 12.1 Å². The number of hydrogen-bond donors (Lipinski definition) is 1. The van der Waals surface area contributed by atoms with Gasteiger partial charge < -0.3 is 14.6 Å². The van der Waals surface area contributed by atoms with Crippen LogP contribution in [0.3, 0.4) is 0 Å². The van der Waals surface area contributed by atoms with Crippen molar-refractivity contribution in [3.8, 4) is 6.07 Å². The standard InChI is InChI=1S/C19H17N3O2/c1-13(18-11-15-5-3-4-6-17(15)24-18)22(2)19(23)21-16-9-7-14(12-20)8-10-16/h3-11,13H,1-2H3,(H,21,23). The molecule has 3 rings (SSSR count). The summed E-state index contributed by atoms with van der Waals surface area (Å²) in [5.41, 5.74) is 2.00. The number of hydrogen-bond acceptors (Lipinski definition) is 3. The van der Waals surface area contributed by atoms with Gasteiger partial charge in [0.05, 0.1) is 17.7 Å². The van der Waals surface area contributed by atoms with Crippen LogP contribution in [0.4, 0.5) is 10.5 Å². The minimum atomic E-state index is -0.243. The highest BCUT2D eigenvalue weighted by Crippen LogP contribution is 2.27. The Morgan fingerprint density at radius 2 is 1.92 bits per heavy atom. The number of amides is 2. The molecule has 1 heterocycles. The van der Waals surface area contributed by atoms with E-state index in [1.54, 1.807) is 36.2 Å². The van der Waals surface area contributed by atoms with Gasteiger partial charge in [0.25, 0.3) is 0 Å². The summed E-state index contributed by atoms with van der Waals surface area (Å²) in [6.45, 7) is 1.91. The van der Waals surface area contributed by atoms with Crippen LogP contribution in [0, 0.1) is 11.3 Å². The van der Waals surface area contributed by atoms with Gasteiger partial charge in [-0.15, -0.1) is 0 Å². The first-order valence-corrected chi connectivity index (χ1v) is 7.61. The SMILES string of the molecule is CC(c1cc2ccccc2o1)N(C)C(=O)Nc1ccc(C#N)cc1. The lowest BCUT2D eigenvalue weighted by molar-refractivity contribution is 0.201. The zero-order chi connectivity index (χ0) is 17.1. The van der Waals surface area contributed by atoms with E-state index in [1.807, 2.05) is 43.3 Å². The van der Waals surface area contributed by atoms with Gasteiger partial charge in [0.1, 0.15) is 11.3 Å². The molecule has 0 radical (unpaired) electrons. The molecule has 3 aromatic rings. The maximum Gasteiger partial charge on any atom is 0.322 e. The van der Waals surface area contributed by atoms with Crippen LogP contribution in [0.25, 0.3) is 11.0 Å². The number of fused-ring (bicyclic) bond motifs is 1. The number of anilines is 1. The molecule has 0 saturated heterocycles. The van der Waals surface area contributed by atoms with Crippen molar-refractivity contribution in [1.29, 1.82) is 5.26 Å². The number of nitrogens with one attached hydrogen (secondary N) is 1. The Kier molecular flexibility index (Phi) is 4.21. The average molecular weight is 319 g/mol. The number of rotatable bonds is 3. The summed E-state index contributed by atoms with van der Waals surface area (Å²) in [5, 5.41) is 12.6. The zero-order valence-electron chi connectivity index (χ0n) is 13.5. The van der Waals surface area contributed by atoms with Crippen LogP contribution < -0.4 is 5.32 Å². The first-order valence-electron chi connectivity index (χ1n) is 7.61. The molecular weight excluding hydrogens is 302 g/mol. The van der Waals surface area contributed by atoms with Gasteiger partial charge in [-0.1, -0.05) is 18.2 Å². The van der Waals surface area contributed by atoms with E-state index in [0.717, 1.165) is 16.7 Å². The predicted octanol–water partition coefficient (Wildman–Crippen LogP) is 4.53. The summed E-state index contributed by atoms with van der Waals surface area (Å²) >= 11 is 0. The third-order valence-corrected chi connectivity index (χ3v) is 4.02. The number of urea groups is 1. The second-order valence-electron chi connectivity index (χ2n) is 5.59. The molecule has 1 unspecified atom stereocenters. The summed E-state index contributed by atoms with van der Waals surface area (Å²) < 4.78 is 5.82. The van der Waals surface area contributed by atoms with Crippen molar-refractivity contribution in [2.45, 2.75) is 13.0 Å². The fourth-order valence-corrected chi connectivity index (χ4v) is 2.41. The molecule has 0 fully saturated rings. The molecule has 1 N–H and O–H groups in total. The van der Waals surface area contributed by atoms with Crippen LogP contribution in [0.15, 0.2) is 59.0 Å². The second-order valence-corrected chi connectivity index (χ2v) is 5.59. The lowest BCUT2D eigenvalue weighted by Crippen LogP contribution is -2.33. The van der Waals surface area contributed by atoms with Crippen LogP contribution in [0.1, 0.15) is 24.3 Å². The summed E-state index contributed by atoms with van der Waals surface area (Å²) in [7, 11) is 1.72. The van der Waals surface area contributed by atoms with Crippen molar-refractivity contribution >= 4 is 22.7 Å². The molecule has 1 atom stereocenters. The van der Waals surface area contributed by atoms with Crippen molar-refractivity contribution in [1.82, 2.24) is 4.90 Å². The maximum atomic E-state index is 12.4. The number of carbonyl (C=O) groups excluding carboxylic acids is 1. The molecule has 0 spiro atoms. The zero-order valence-corrected chi connectivity index (χ0v) is 13.5. The van der Waals surface area contributed by atoms with Gasteiger partial charge in [-0.05, 0) is 43.3 Å². The van der Waals surface area contributed by atoms with E-state index in [2.05, 4.69) is 5.32 Å². The van der Waals surface area contributed by atoms with E-state index in [4.69, 9.17) is 9.68 Å². The van der Waals surface area contributed by atoms with Crippen LogP contribution in [-0.2, 0) is 0 Å². The molecule has 0 aliphatic heterocycles. The van der Waals surface area contributed by atoms with Gasteiger partial charge in [-0.25, -0.2) is 4.79 Å². The van der Waals surface area contributed by atoms with Crippen molar-refractivity contribution in [2.75, 3.05) is 12.4 Å². The molecule has 2 amide bonds. The fourth-order valence-electron chi connectivity index (χ4n) is 2.41. The molecule has 24 heavy (non-hydrogen) atoms. The van der Waals surface area contributed by atoms with Crippen LogP contribution in [-0.4, -0.2) is 18.0 Å². The third-order valence-electron chi connectivity index (χ3n) is 4.02. The first-order chi connectivity index (χ1) is 11.6. The van der Waals surface area contributed by atoms with E-state index in [9.17, 15) is 4.79 Å². The molecule has 120 valence electrons. The number of nitriles is 1. The molecule has 5 heteroatoms. The maximum absolute atomic E-state index is 12.4. The molecule has 0 saturated carbocycles. The smallest absolute Gasteiger partial charge is 0.322 e. The molecule has 1 aromatic heterocycles. The Balaban J connectivity index is 1.73. The second kappa shape index (κ2) is 6.47. The number of benzene rings is 2. The van der Waals surface area contributed by atoms with Crippen molar-refractivity contribution in [3.05, 3.63) is 65.9 Å². The minimum Gasteiger partial charge on any atom is -0.459 e. The molecular formula is C19H17N3O2. The van der Waals surface area contributed by atoms with Crippen LogP contribution in [0.2, 0.25) is 0 Å². The summed E-state index contributed by atoms with van der Waals surface area (Å²) in [6, 6.07) is 18.0. The molecule has 5 nitrogen and oxygen atoms in total. The Bertz CT molecular complexity index is 873. The number of nitrogens with zero attached hydrogens (tertiary/aromatic N) is 2. The topological polar surface area (TPSA) is 69.3 Å². The Hall–Kier alpha value is -3.26. The predicted molar refractivity (Wildman–Crippen MR) is 92.6 cm³/mol. The quantitative estimate of drug-likeness (QED) is 0.771. The lowest BCUT2D eigenvalue weighted by atomic mass is 10.2. The van der Waals surface area contributed by atoms with Gasteiger partial charge in [-0.3, -0.25) is 0 Å². The Morgan fingerprint density at radius 1 is 1.21 bits per heavy atom. The third kappa shape index (κ3) is 3.08. The first kappa shape index (κ1) is 15.6. The van der Waals surface area contributed by atoms with Gasteiger partial charge >= 0.3 is 6.03 Å². The van der Waals surface area contributed by atoms with E-state index in [0.29, 0.717) is 11.3 Å². The summed E-state index contributed by atoms with van der Waals surface area (Å²) in [6.07, 6.45) is 0. The van der Waals surface area contributed by atoms with Gasteiger partial charge in [0, 0.05) is 18.1 Å². The molecule has 0 bridgehead atoms. The minimum absolute atomic E-state index is 0.212. The van der Waals surface area contributed by atoms with Crippen LogP contribution in [0.5, 0.6) is 0 Å². The highest BCUT2D eigenvalue weighted by Gasteiger charge is 2.20. The summed E-state index contributed by atoms with van der Waals surface area (Å²) in [5.74, 6) is 0.730. The van der Waals surface area contributed by atoms with Gasteiger partial charge in [-0.2, -0.15) is 5.26 Å². The van der Waals surface area contributed by atoms with Crippen molar-refractivity contribution in [3.63, 3.8) is 0 Å². The van der Waals surface area contributed by atoms with Gasteiger partial charge in [0.15, 0.2) is 0 Å². The highest BCUT2D eigenvalue weighted by atomic mass is 16.3. The van der Waals surface area contributed by atoms with Gasteiger partial charge in [0.2, 0.25) is 0 Å². The van der Waals surface area contributed by atoms with Crippen molar-refractivity contribution in [2.24, 2.45) is 0 Å². The largest absolute Gasteiger partial charge is 0.459 e. The number of furan rings is 1. The number of carbonyl (C=O) groups is 1. The average Bonchev–Trinajstić information content (AvgIpc) is 3.05. The molecule has 0 aliphatic rings. The van der Waals surface area contributed by atoms with Crippen LogP contribution >= 0.6 is 0 Å². The number of para-hydroxylation sites is 1. The fraction of sp³-hybridized carbons (Fsp3) is 0.158. The van der Waals surface area contributed by atoms with E-state index in [1.165, 1.54) is 0 Å². The summed E-state index contributed by atoms with van der Waals surface area (Å²) in [4.78, 5) is 14.0. The van der Waals surface area contributed by atoms with E-state index >= 15 is 0 Å².